The molecule has 0 amide bonds. The largest absolute Gasteiger partial charge is 0.462 e. The third-order valence-electron chi connectivity index (χ3n) is 2.55. The molecule has 0 N–H and O–H groups in total. The first-order valence-corrected chi connectivity index (χ1v) is 6.19. The zero-order valence-corrected chi connectivity index (χ0v) is 11.5. The molecule has 0 bridgehead atoms. The first-order chi connectivity index (χ1) is 7.92. The number of ether oxygens (including phenoxy) is 1. The summed E-state index contributed by atoms with van der Waals surface area (Å²) in [6.07, 6.45) is 1.87. The molecule has 0 rings (SSSR count). The minimum atomic E-state index is -0.496. The molecule has 0 heterocycles. The van der Waals surface area contributed by atoms with Crippen molar-refractivity contribution in [3.05, 3.63) is 11.1 Å². The van der Waals surface area contributed by atoms with Crippen molar-refractivity contribution in [3.8, 4) is 6.07 Å². The van der Waals surface area contributed by atoms with Crippen LogP contribution < -0.4 is 0 Å². The van der Waals surface area contributed by atoms with Crippen molar-refractivity contribution in [2.75, 3.05) is 6.61 Å². The van der Waals surface area contributed by atoms with Gasteiger partial charge in [-0.1, -0.05) is 20.8 Å². The molecule has 0 aromatic rings. The van der Waals surface area contributed by atoms with Gasteiger partial charge in [0.25, 0.3) is 0 Å². The number of esters is 1. The number of nitriles is 1. The predicted octanol–water partition coefficient (Wildman–Crippen LogP) is 3.46. The summed E-state index contributed by atoms with van der Waals surface area (Å²) in [5.41, 5.74) is 1.00. The van der Waals surface area contributed by atoms with Crippen molar-refractivity contribution in [1.82, 2.24) is 0 Å². The van der Waals surface area contributed by atoms with Crippen LogP contribution in [-0.4, -0.2) is 12.6 Å². The Bertz CT molecular complexity index is 324. The van der Waals surface area contributed by atoms with E-state index >= 15 is 0 Å². The lowest BCUT2D eigenvalue weighted by Gasteiger charge is -2.14. The molecule has 0 radical (unpaired) electrons. The third-order valence-corrected chi connectivity index (χ3v) is 2.55. The number of carbonyl (C=O) groups excluding carboxylic acids is 1. The van der Waals surface area contributed by atoms with E-state index in [4.69, 9.17) is 10.00 Å². The molecule has 3 nitrogen and oxygen atoms in total. The summed E-state index contributed by atoms with van der Waals surface area (Å²) in [6.45, 7) is 10.4. The molecule has 3 heteroatoms. The van der Waals surface area contributed by atoms with Gasteiger partial charge in [-0.2, -0.15) is 5.26 Å². The Hall–Kier alpha value is -1.30. The van der Waals surface area contributed by atoms with E-state index in [1.54, 1.807) is 6.92 Å². The van der Waals surface area contributed by atoms with Crippen LogP contribution >= 0.6 is 0 Å². The number of carbonyl (C=O) groups is 1. The Morgan fingerprint density at radius 2 is 1.94 bits per heavy atom. The molecular weight excluding hydrogens is 214 g/mol. The van der Waals surface area contributed by atoms with Gasteiger partial charge in [0.1, 0.15) is 11.6 Å². The van der Waals surface area contributed by atoms with Gasteiger partial charge in [0.15, 0.2) is 0 Å². The van der Waals surface area contributed by atoms with Crippen LogP contribution in [-0.2, 0) is 9.53 Å². The summed E-state index contributed by atoms with van der Waals surface area (Å²) in [6, 6.07) is 1.95. The summed E-state index contributed by atoms with van der Waals surface area (Å²) < 4.78 is 4.86. The van der Waals surface area contributed by atoms with E-state index in [-0.39, 0.29) is 5.57 Å². The Morgan fingerprint density at radius 1 is 1.35 bits per heavy atom. The fraction of sp³-hybridized carbons (Fsp3) is 0.714. The molecule has 0 aromatic carbocycles. The summed E-state index contributed by atoms with van der Waals surface area (Å²) in [5.74, 6) is 0.614. The van der Waals surface area contributed by atoms with Gasteiger partial charge in [-0.3, -0.25) is 0 Å². The van der Waals surface area contributed by atoms with Crippen LogP contribution in [0.4, 0.5) is 0 Å². The van der Waals surface area contributed by atoms with Gasteiger partial charge in [-0.15, -0.1) is 0 Å². The van der Waals surface area contributed by atoms with Gasteiger partial charge in [0, 0.05) is 0 Å². The van der Waals surface area contributed by atoms with Gasteiger partial charge in [0.05, 0.1) is 6.61 Å². The second-order valence-electron chi connectivity index (χ2n) is 4.93. The van der Waals surface area contributed by atoms with Crippen molar-refractivity contribution in [3.63, 3.8) is 0 Å². The van der Waals surface area contributed by atoms with Crippen LogP contribution in [0.2, 0.25) is 0 Å². The van der Waals surface area contributed by atoms with Crippen LogP contribution in [0.3, 0.4) is 0 Å². The van der Waals surface area contributed by atoms with Crippen molar-refractivity contribution in [2.45, 2.75) is 47.5 Å². The van der Waals surface area contributed by atoms with Crippen molar-refractivity contribution >= 4 is 5.97 Å². The van der Waals surface area contributed by atoms with Crippen LogP contribution in [0.15, 0.2) is 11.1 Å². The van der Waals surface area contributed by atoms with Crippen molar-refractivity contribution in [1.29, 1.82) is 5.26 Å². The number of hydrogen-bond donors (Lipinski definition) is 0. The molecule has 1 atom stereocenters. The summed E-state index contributed by atoms with van der Waals surface area (Å²) in [5, 5.41) is 8.98. The predicted molar refractivity (Wildman–Crippen MR) is 68.2 cm³/mol. The second kappa shape index (κ2) is 7.89. The highest BCUT2D eigenvalue weighted by Crippen LogP contribution is 2.21. The lowest BCUT2D eigenvalue weighted by Crippen LogP contribution is -2.10. The lowest BCUT2D eigenvalue weighted by atomic mass is 9.91. The van der Waals surface area contributed by atoms with E-state index in [1.165, 1.54) is 0 Å². The molecule has 96 valence electrons. The van der Waals surface area contributed by atoms with Gasteiger partial charge in [0.2, 0.25) is 0 Å². The fourth-order valence-electron chi connectivity index (χ4n) is 2.03. The molecule has 0 saturated heterocycles. The highest BCUT2D eigenvalue weighted by Gasteiger charge is 2.15. The Balaban J connectivity index is 4.65. The standard InChI is InChI=1S/C14H23NO2/c1-6-17-14(16)13(9-15)12(5)8-11(4)7-10(2)3/h10-11H,6-8H2,1-5H3. The van der Waals surface area contributed by atoms with E-state index in [9.17, 15) is 4.79 Å². The van der Waals surface area contributed by atoms with Crippen LogP contribution in [0, 0.1) is 23.2 Å². The summed E-state index contributed by atoms with van der Waals surface area (Å²) in [4.78, 5) is 11.5. The van der Waals surface area contributed by atoms with Gasteiger partial charge < -0.3 is 4.74 Å². The maximum Gasteiger partial charge on any atom is 0.348 e. The number of hydrogen-bond acceptors (Lipinski definition) is 3. The molecule has 0 aliphatic rings. The lowest BCUT2D eigenvalue weighted by molar-refractivity contribution is -0.138. The van der Waals surface area contributed by atoms with Crippen LogP contribution in [0.1, 0.15) is 47.5 Å². The normalized spacial score (nSPS) is 13.9. The fourth-order valence-corrected chi connectivity index (χ4v) is 2.03. The van der Waals surface area contributed by atoms with E-state index in [0.29, 0.717) is 18.4 Å². The highest BCUT2D eigenvalue weighted by molar-refractivity contribution is 5.93. The first-order valence-electron chi connectivity index (χ1n) is 6.19. The van der Waals surface area contributed by atoms with Crippen LogP contribution in [0.5, 0.6) is 0 Å². The smallest absolute Gasteiger partial charge is 0.348 e. The zero-order chi connectivity index (χ0) is 13.4. The molecule has 0 aliphatic heterocycles. The zero-order valence-electron chi connectivity index (χ0n) is 11.5. The van der Waals surface area contributed by atoms with Gasteiger partial charge in [-0.25, -0.2) is 4.79 Å². The number of nitrogens with zero attached hydrogens (tertiary/aromatic N) is 1. The maximum atomic E-state index is 11.5. The molecular formula is C14H23NO2. The summed E-state index contributed by atoms with van der Waals surface area (Å²) >= 11 is 0. The molecule has 0 fully saturated rings. The number of rotatable bonds is 6. The molecule has 0 aromatic heterocycles. The monoisotopic (exact) mass is 237 g/mol. The minimum Gasteiger partial charge on any atom is -0.462 e. The Kier molecular flexibility index (Phi) is 7.29. The SMILES string of the molecule is CCOC(=O)C(C#N)=C(C)CC(C)CC(C)C. The van der Waals surface area contributed by atoms with E-state index in [0.717, 1.165) is 18.4 Å². The molecule has 0 spiro atoms. The topological polar surface area (TPSA) is 50.1 Å². The van der Waals surface area contributed by atoms with Crippen molar-refractivity contribution in [2.24, 2.45) is 11.8 Å². The Morgan fingerprint density at radius 3 is 2.35 bits per heavy atom. The molecule has 17 heavy (non-hydrogen) atoms. The second-order valence-corrected chi connectivity index (χ2v) is 4.93. The minimum absolute atomic E-state index is 0.169. The molecule has 0 saturated carbocycles. The van der Waals surface area contributed by atoms with E-state index in [1.807, 2.05) is 13.0 Å². The first kappa shape index (κ1) is 15.7. The van der Waals surface area contributed by atoms with Crippen molar-refractivity contribution < 1.29 is 9.53 Å². The van der Waals surface area contributed by atoms with Gasteiger partial charge in [-0.05, 0) is 44.1 Å². The maximum absolute atomic E-state index is 11.5. The van der Waals surface area contributed by atoms with E-state index < -0.39 is 5.97 Å². The summed E-state index contributed by atoms with van der Waals surface area (Å²) in [7, 11) is 0. The third kappa shape index (κ3) is 6.11. The Labute approximate surface area is 104 Å². The molecule has 1 unspecified atom stereocenters. The average molecular weight is 237 g/mol. The molecule has 0 aliphatic carbocycles. The quantitative estimate of drug-likeness (QED) is 0.404. The highest BCUT2D eigenvalue weighted by atomic mass is 16.5. The van der Waals surface area contributed by atoms with E-state index in [2.05, 4.69) is 20.8 Å². The van der Waals surface area contributed by atoms with Crippen LogP contribution in [0.25, 0.3) is 0 Å². The average Bonchev–Trinajstić information content (AvgIpc) is 2.17. The van der Waals surface area contributed by atoms with Gasteiger partial charge >= 0.3 is 5.97 Å². The number of allylic oxidation sites excluding steroid dienone is 1.